The third kappa shape index (κ3) is 3.05. The van der Waals surface area contributed by atoms with E-state index in [4.69, 9.17) is 0 Å². The minimum absolute atomic E-state index is 0.217. The van der Waals surface area contributed by atoms with Gasteiger partial charge in [0, 0.05) is 13.1 Å². The molecule has 4 nitrogen and oxygen atoms in total. The van der Waals surface area contributed by atoms with Crippen molar-refractivity contribution >= 4 is 15.9 Å². The minimum atomic E-state index is 0.217. The normalized spacial score (nSPS) is 18.0. The van der Waals surface area contributed by atoms with Gasteiger partial charge in [0.2, 0.25) is 0 Å². The second-order valence-corrected chi connectivity index (χ2v) is 6.59. The smallest absolute Gasteiger partial charge is 0.0762 e. The molecule has 0 amide bonds. The molecule has 112 valence electrons. The van der Waals surface area contributed by atoms with Gasteiger partial charge in [-0.05, 0) is 47.6 Å². The molecule has 1 aliphatic rings. The lowest BCUT2D eigenvalue weighted by atomic mass is 9.92. The molecule has 1 aromatic carbocycles. The largest absolute Gasteiger partial charge is 0.308 e. The van der Waals surface area contributed by atoms with Crippen molar-refractivity contribution in [2.24, 2.45) is 0 Å². The first kappa shape index (κ1) is 14.8. The van der Waals surface area contributed by atoms with E-state index in [2.05, 4.69) is 74.3 Å². The molecule has 0 spiro atoms. The van der Waals surface area contributed by atoms with Crippen LogP contribution in [-0.4, -0.2) is 41.9 Å². The lowest BCUT2D eigenvalue weighted by molar-refractivity contribution is 0.364. The Morgan fingerprint density at radius 3 is 3.00 bits per heavy atom. The first-order chi connectivity index (χ1) is 10.2. The molecule has 0 saturated heterocycles. The second kappa shape index (κ2) is 6.30. The number of likely N-dealkylation sites (N-methyl/N-ethyl adjacent to an activating group) is 1. The van der Waals surface area contributed by atoms with Gasteiger partial charge >= 0.3 is 0 Å². The lowest BCUT2D eigenvalue weighted by Crippen LogP contribution is -2.33. The van der Waals surface area contributed by atoms with Crippen molar-refractivity contribution in [3.8, 4) is 0 Å². The molecule has 0 bridgehead atoms. The third-order valence-corrected chi connectivity index (χ3v) is 4.59. The number of halogens is 1. The maximum Gasteiger partial charge on any atom is 0.0762 e. The number of hydrogen-bond acceptors (Lipinski definition) is 3. The van der Waals surface area contributed by atoms with Crippen LogP contribution in [0, 0.1) is 0 Å². The Balaban J connectivity index is 1.96. The molecule has 0 aliphatic carbocycles. The Morgan fingerprint density at radius 2 is 2.19 bits per heavy atom. The molecule has 5 heteroatoms. The van der Waals surface area contributed by atoms with E-state index in [9.17, 15) is 0 Å². The second-order valence-electron chi connectivity index (χ2n) is 5.74. The van der Waals surface area contributed by atoms with Crippen LogP contribution in [0.15, 0.2) is 34.9 Å². The van der Waals surface area contributed by atoms with E-state index in [1.807, 2.05) is 6.20 Å². The number of hydrogen-bond donors (Lipinski definition) is 1. The van der Waals surface area contributed by atoms with E-state index < -0.39 is 0 Å². The number of nitrogens with zero attached hydrogens (tertiary/aromatic N) is 3. The fraction of sp³-hybridized carbons (Fsp3) is 0.438. The van der Waals surface area contributed by atoms with Gasteiger partial charge in [-0.25, -0.2) is 0 Å². The highest BCUT2D eigenvalue weighted by Gasteiger charge is 2.26. The molecule has 2 aromatic rings. The number of aromatic nitrogens is 2. The fourth-order valence-corrected chi connectivity index (χ4v) is 3.41. The topological polar surface area (TPSA) is 33.1 Å². The predicted molar refractivity (Wildman–Crippen MR) is 88.5 cm³/mol. The van der Waals surface area contributed by atoms with E-state index in [1.165, 1.54) is 16.8 Å². The number of fused-ring (bicyclic) bond motifs is 1. The van der Waals surface area contributed by atoms with Crippen molar-refractivity contribution < 1.29 is 0 Å². The molecular weight excluding hydrogens is 328 g/mol. The van der Waals surface area contributed by atoms with Crippen LogP contribution in [-0.2, 0) is 13.0 Å². The highest BCUT2D eigenvalue weighted by atomic mass is 79.9. The first-order valence-corrected chi connectivity index (χ1v) is 8.13. The van der Waals surface area contributed by atoms with Crippen molar-refractivity contribution in [3.63, 3.8) is 0 Å². The summed E-state index contributed by atoms with van der Waals surface area (Å²) in [7, 11) is 4.18. The summed E-state index contributed by atoms with van der Waals surface area (Å²) in [5, 5.41) is 8.18. The summed E-state index contributed by atoms with van der Waals surface area (Å²) in [6, 6.07) is 8.92. The highest BCUT2D eigenvalue weighted by Crippen LogP contribution is 2.32. The van der Waals surface area contributed by atoms with Crippen LogP contribution in [0.25, 0.3) is 0 Å². The molecule has 1 unspecified atom stereocenters. The van der Waals surface area contributed by atoms with Crippen LogP contribution in [0.2, 0.25) is 0 Å². The summed E-state index contributed by atoms with van der Waals surface area (Å²) in [5.41, 5.74) is 4.04. The van der Waals surface area contributed by atoms with Crippen molar-refractivity contribution in [2.75, 3.05) is 27.2 Å². The first-order valence-electron chi connectivity index (χ1n) is 7.34. The van der Waals surface area contributed by atoms with Gasteiger partial charge in [0.25, 0.3) is 0 Å². The highest BCUT2D eigenvalue weighted by molar-refractivity contribution is 9.10. The molecule has 1 aromatic heterocycles. The molecule has 2 heterocycles. The van der Waals surface area contributed by atoms with Crippen molar-refractivity contribution in [3.05, 3.63) is 51.8 Å². The van der Waals surface area contributed by atoms with Crippen LogP contribution in [0.3, 0.4) is 0 Å². The molecule has 0 saturated carbocycles. The van der Waals surface area contributed by atoms with Crippen LogP contribution < -0.4 is 5.32 Å². The summed E-state index contributed by atoms with van der Waals surface area (Å²) < 4.78 is 3.19. The minimum Gasteiger partial charge on any atom is -0.308 e. The van der Waals surface area contributed by atoms with Crippen molar-refractivity contribution in [1.29, 1.82) is 0 Å². The van der Waals surface area contributed by atoms with Gasteiger partial charge in [-0.3, -0.25) is 4.68 Å². The standard InChI is InChI=1S/C16H21BrN4/c1-20(2)9-10-21-16(14(17)11-19-21)15-13-6-4-3-5-12(13)7-8-18-15/h3-6,11,15,18H,7-10H2,1-2H3. The van der Waals surface area contributed by atoms with Gasteiger partial charge in [-0.1, -0.05) is 24.3 Å². The summed E-state index contributed by atoms with van der Waals surface area (Å²) in [6.07, 6.45) is 3.00. The van der Waals surface area contributed by atoms with Gasteiger partial charge in [-0.15, -0.1) is 0 Å². The van der Waals surface area contributed by atoms with Crippen LogP contribution in [0.5, 0.6) is 0 Å². The average molecular weight is 349 g/mol. The van der Waals surface area contributed by atoms with Crippen molar-refractivity contribution in [1.82, 2.24) is 20.0 Å². The van der Waals surface area contributed by atoms with Gasteiger partial charge in [0.05, 0.1) is 29.0 Å². The maximum absolute atomic E-state index is 4.54. The summed E-state index contributed by atoms with van der Waals surface area (Å²) >= 11 is 3.67. The van der Waals surface area contributed by atoms with Crippen LogP contribution in [0.1, 0.15) is 22.9 Å². The summed E-state index contributed by atoms with van der Waals surface area (Å²) in [4.78, 5) is 2.18. The third-order valence-electron chi connectivity index (χ3n) is 3.97. The molecule has 1 atom stereocenters. The van der Waals surface area contributed by atoms with Gasteiger partial charge in [0.1, 0.15) is 0 Å². The Hall–Kier alpha value is -1.17. The molecule has 21 heavy (non-hydrogen) atoms. The summed E-state index contributed by atoms with van der Waals surface area (Å²) in [6.45, 7) is 2.89. The number of benzene rings is 1. The van der Waals surface area contributed by atoms with Gasteiger partial charge in [-0.2, -0.15) is 5.10 Å². The predicted octanol–water partition coefficient (Wildman–Crippen LogP) is 2.44. The van der Waals surface area contributed by atoms with E-state index in [1.54, 1.807) is 0 Å². The molecule has 3 rings (SSSR count). The molecule has 1 N–H and O–H groups in total. The Labute approximate surface area is 134 Å². The Bertz CT molecular complexity index is 620. The summed E-state index contributed by atoms with van der Waals surface area (Å²) in [5.74, 6) is 0. The van der Waals surface area contributed by atoms with E-state index in [0.717, 1.165) is 30.5 Å². The van der Waals surface area contributed by atoms with Crippen LogP contribution in [0.4, 0.5) is 0 Å². The molecule has 0 radical (unpaired) electrons. The van der Waals surface area contributed by atoms with E-state index in [-0.39, 0.29) is 6.04 Å². The zero-order valence-electron chi connectivity index (χ0n) is 12.5. The number of rotatable bonds is 4. The fourth-order valence-electron chi connectivity index (χ4n) is 2.88. The average Bonchev–Trinajstić information content (AvgIpc) is 2.85. The SMILES string of the molecule is CN(C)CCn1ncc(Br)c1C1NCCc2ccccc21. The zero-order chi connectivity index (χ0) is 14.8. The Kier molecular flexibility index (Phi) is 4.42. The van der Waals surface area contributed by atoms with Gasteiger partial charge < -0.3 is 10.2 Å². The number of nitrogens with one attached hydrogen (secondary N) is 1. The monoisotopic (exact) mass is 348 g/mol. The Morgan fingerprint density at radius 1 is 1.38 bits per heavy atom. The van der Waals surface area contributed by atoms with Crippen molar-refractivity contribution in [2.45, 2.75) is 19.0 Å². The molecular formula is C16H21BrN4. The van der Waals surface area contributed by atoms with E-state index in [0.29, 0.717) is 0 Å². The lowest BCUT2D eigenvalue weighted by Gasteiger charge is -2.28. The quantitative estimate of drug-likeness (QED) is 0.921. The van der Waals surface area contributed by atoms with Gasteiger partial charge in [0.15, 0.2) is 0 Å². The maximum atomic E-state index is 4.54. The molecule has 1 aliphatic heterocycles. The molecule has 0 fully saturated rings. The van der Waals surface area contributed by atoms with Crippen LogP contribution >= 0.6 is 15.9 Å². The zero-order valence-corrected chi connectivity index (χ0v) is 14.1. The van der Waals surface area contributed by atoms with E-state index >= 15 is 0 Å².